The number of hydrogen-bond donors (Lipinski definition) is 1. The Kier molecular flexibility index (Phi) is 5.71. The molecule has 7 nitrogen and oxygen atoms in total. The summed E-state index contributed by atoms with van der Waals surface area (Å²) in [6.45, 7) is 9.50. The van der Waals surface area contributed by atoms with Crippen LogP contribution in [0.4, 0.5) is 0 Å². The fourth-order valence-corrected chi connectivity index (χ4v) is 6.44. The van der Waals surface area contributed by atoms with Crippen molar-refractivity contribution in [2.45, 2.75) is 70.5 Å². The zero-order valence-electron chi connectivity index (χ0n) is 17.0. The lowest BCUT2D eigenvalue weighted by Crippen LogP contribution is -2.40. The number of thiophene rings is 1. The molecule has 1 atom stereocenters. The first-order chi connectivity index (χ1) is 13.0. The minimum absolute atomic E-state index is 0.0331. The second kappa shape index (κ2) is 7.61. The van der Waals surface area contributed by atoms with E-state index in [1.54, 1.807) is 46.0 Å². The molecule has 3 heterocycles. The van der Waals surface area contributed by atoms with E-state index in [2.05, 4.69) is 15.9 Å². The highest BCUT2D eigenvalue weighted by Crippen LogP contribution is 2.34. The van der Waals surface area contributed by atoms with Gasteiger partial charge in [0.1, 0.15) is 11.4 Å². The Hall–Kier alpha value is -1.71. The smallest absolute Gasteiger partial charge is 0.244 e. The van der Waals surface area contributed by atoms with E-state index in [9.17, 15) is 13.2 Å². The Morgan fingerprint density at radius 2 is 2.07 bits per heavy atom. The van der Waals surface area contributed by atoms with Crippen molar-refractivity contribution < 1.29 is 13.2 Å². The maximum Gasteiger partial charge on any atom is 0.244 e. The molecule has 0 aromatic carbocycles. The van der Waals surface area contributed by atoms with Crippen molar-refractivity contribution in [3.05, 3.63) is 33.8 Å². The molecule has 0 bridgehead atoms. The number of aryl methyl sites for hydroxylation is 1. The van der Waals surface area contributed by atoms with Crippen LogP contribution in [0.1, 0.15) is 55.9 Å². The summed E-state index contributed by atoms with van der Waals surface area (Å²) in [5, 5.41) is 6.38. The molecule has 3 rings (SSSR count). The number of amides is 1. The van der Waals surface area contributed by atoms with Crippen molar-refractivity contribution in [2.75, 3.05) is 6.54 Å². The van der Waals surface area contributed by atoms with Crippen molar-refractivity contribution in [2.24, 2.45) is 0 Å². The third-order valence-corrected chi connectivity index (χ3v) is 7.74. The van der Waals surface area contributed by atoms with Gasteiger partial charge < -0.3 is 4.90 Å². The van der Waals surface area contributed by atoms with Crippen LogP contribution in [0.25, 0.3) is 0 Å². The molecule has 0 spiro atoms. The van der Waals surface area contributed by atoms with Crippen LogP contribution < -0.4 is 4.72 Å². The van der Waals surface area contributed by atoms with Gasteiger partial charge in [-0.15, -0.1) is 11.3 Å². The Labute approximate surface area is 170 Å². The highest BCUT2D eigenvalue weighted by Gasteiger charge is 2.33. The Morgan fingerprint density at radius 3 is 2.68 bits per heavy atom. The summed E-state index contributed by atoms with van der Waals surface area (Å²) in [6, 6.07) is 4.17. The number of nitrogens with zero attached hydrogens (tertiary/aromatic N) is 3. The van der Waals surface area contributed by atoms with Crippen LogP contribution in [0, 0.1) is 13.8 Å². The van der Waals surface area contributed by atoms with Crippen LogP contribution in [0.15, 0.2) is 22.4 Å². The molecule has 0 radical (unpaired) electrons. The molecule has 2 aromatic rings. The number of likely N-dealkylation sites (tertiary alicyclic amines) is 1. The molecule has 1 unspecified atom stereocenters. The van der Waals surface area contributed by atoms with E-state index >= 15 is 0 Å². The summed E-state index contributed by atoms with van der Waals surface area (Å²) in [7, 11) is -3.72. The van der Waals surface area contributed by atoms with E-state index in [0.29, 0.717) is 11.4 Å². The Morgan fingerprint density at radius 1 is 1.36 bits per heavy atom. The molecular formula is C19H28N4O3S2. The Bertz CT molecular complexity index is 956. The van der Waals surface area contributed by atoms with Gasteiger partial charge in [-0.25, -0.2) is 13.1 Å². The number of carbonyl (C=O) groups excluding carboxylic acids is 1. The van der Waals surface area contributed by atoms with Gasteiger partial charge >= 0.3 is 0 Å². The summed E-state index contributed by atoms with van der Waals surface area (Å²) >= 11 is 1.66. The van der Waals surface area contributed by atoms with E-state index in [1.165, 1.54) is 9.56 Å². The van der Waals surface area contributed by atoms with Crippen LogP contribution in [-0.2, 0) is 21.4 Å². The SMILES string of the molecule is Cc1nn(CC(=O)N2CCCC2c2cccs2)c(C)c1S(=O)(=O)NC(C)(C)C. The normalized spacial score (nSPS) is 18.0. The molecule has 1 aliphatic heterocycles. The molecule has 2 aromatic heterocycles. The molecule has 1 aliphatic rings. The molecule has 1 N–H and O–H groups in total. The molecule has 9 heteroatoms. The highest BCUT2D eigenvalue weighted by atomic mass is 32.2. The molecule has 1 amide bonds. The van der Waals surface area contributed by atoms with Crippen LogP contribution in [0.2, 0.25) is 0 Å². The lowest BCUT2D eigenvalue weighted by Gasteiger charge is -2.24. The number of carbonyl (C=O) groups is 1. The van der Waals surface area contributed by atoms with Crippen molar-refractivity contribution in [1.29, 1.82) is 0 Å². The van der Waals surface area contributed by atoms with Crippen LogP contribution in [0.5, 0.6) is 0 Å². The molecular weight excluding hydrogens is 396 g/mol. The van der Waals surface area contributed by atoms with E-state index in [1.807, 2.05) is 16.3 Å². The van der Waals surface area contributed by atoms with Gasteiger partial charge in [-0.3, -0.25) is 9.48 Å². The molecule has 154 valence electrons. The number of rotatable bonds is 5. The number of hydrogen-bond acceptors (Lipinski definition) is 5. The van der Waals surface area contributed by atoms with Gasteiger partial charge in [-0.05, 0) is 58.9 Å². The second-order valence-corrected chi connectivity index (χ2v) is 10.9. The topological polar surface area (TPSA) is 84.3 Å². The summed E-state index contributed by atoms with van der Waals surface area (Å²) in [4.78, 5) is 16.2. The quantitative estimate of drug-likeness (QED) is 0.800. The third kappa shape index (κ3) is 4.31. The molecule has 0 saturated carbocycles. The predicted molar refractivity (Wildman–Crippen MR) is 110 cm³/mol. The van der Waals surface area contributed by atoms with Gasteiger partial charge in [0, 0.05) is 17.0 Å². The van der Waals surface area contributed by atoms with Crippen LogP contribution >= 0.6 is 11.3 Å². The van der Waals surface area contributed by atoms with E-state index in [0.717, 1.165) is 19.4 Å². The van der Waals surface area contributed by atoms with Crippen LogP contribution in [-0.4, -0.2) is 41.1 Å². The van der Waals surface area contributed by atoms with Gasteiger partial charge in [0.2, 0.25) is 15.9 Å². The minimum Gasteiger partial charge on any atom is -0.333 e. The van der Waals surface area contributed by atoms with Crippen molar-refractivity contribution in [3.63, 3.8) is 0 Å². The first-order valence-electron chi connectivity index (χ1n) is 9.40. The fraction of sp³-hybridized carbons (Fsp3) is 0.579. The monoisotopic (exact) mass is 424 g/mol. The summed E-state index contributed by atoms with van der Waals surface area (Å²) in [6.07, 6.45) is 1.93. The largest absolute Gasteiger partial charge is 0.333 e. The number of sulfonamides is 1. The third-order valence-electron chi connectivity index (χ3n) is 4.75. The summed E-state index contributed by atoms with van der Waals surface area (Å²) in [5.41, 5.74) is 0.284. The van der Waals surface area contributed by atoms with E-state index in [4.69, 9.17) is 0 Å². The lowest BCUT2D eigenvalue weighted by molar-refractivity contribution is -0.133. The predicted octanol–water partition coefficient (Wildman–Crippen LogP) is 3.00. The summed E-state index contributed by atoms with van der Waals surface area (Å²) in [5.74, 6) is -0.0331. The highest BCUT2D eigenvalue weighted by molar-refractivity contribution is 7.89. The van der Waals surface area contributed by atoms with Gasteiger partial charge in [-0.2, -0.15) is 5.10 Å². The lowest BCUT2D eigenvalue weighted by atomic mass is 10.1. The first-order valence-corrected chi connectivity index (χ1v) is 11.8. The molecule has 0 aliphatic carbocycles. The van der Waals surface area contributed by atoms with Crippen molar-refractivity contribution in [3.8, 4) is 0 Å². The van der Waals surface area contributed by atoms with Gasteiger partial charge in [0.05, 0.1) is 17.4 Å². The standard InChI is InChI=1S/C19H28N4O3S2/c1-13-18(28(25,26)21-19(3,4)5)14(2)23(20-13)12-17(24)22-10-6-8-15(22)16-9-7-11-27-16/h7,9,11,15,21H,6,8,10,12H2,1-5H3. The fourth-order valence-electron chi connectivity index (χ4n) is 3.74. The van der Waals surface area contributed by atoms with E-state index in [-0.39, 0.29) is 23.4 Å². The van der Waals surface area contributed by atoms with Crippen LogP contribution in [0.3, 0.4) is 0 Å². The zero-order chi connectivity index (χ0) is 20.7. The zero-order valence-corrected chi connectivity index (χ0v) is 18.7. The number of nitrogens with one attached hydrogen (secondary N) is 1. The molecule has 28 heavy (non-hydrogen) atoms. The maximum atomic E-state index is 13.0. The average molecular weight is 425 g/mol. The minimum atomic E-state index is -3.72. The van der Waals surface area contributed by atoms with Crippen molar-refractivity contribution >= 4 is 27.3 Å². The van der Waals surface area contributed by atoms with Gasteiger partial charge in [0.25, 0.3) is 0 Å². The first kappa shape index (κ1) is 21.0. The summed E-state index contributed by atoms with van der Waals surface area (Å²) < 4.78 is 29.8. The van der Waals surface area contributed by atoms with E-state index < -0.39 is 15.6 Å². The average Bonchev–Trinajstić information content (AvgIpc) is 3.25. The van der Waals surface area contributed by atoms with Crippen molar-refractivity contribution in [1.82, 2.24) is 19.4 Å². The second-order valence-electron chi connectivity index (χ2n) is 8.27. The molecule has 1 saturated heterocycles. The Balaban J connectivity index is 1.83. The van der Waals surface area contributed by atoms with Gasteiger partial charge in [-0.1, -0.05) is 6.07 Å². The van der Waals surface area contributed by atoms with Gasteiger partial charge in [0.15, 0.2) is 0 Å². The molecule has 1 fully saturated rings. The maximum absolute atomic E-state index is 13.0. The number of aromatic nitrogens is 2.